The van der Waals surface area contributed by atoms with Gasteiger partial charge < -0.3 is 30.6 Å². The van der Waals surface area contributed by atoms with Crippen molar-refractivity contribution in [1.29, 1.82) is 0 Å². The van der Waals surface area contributed by atoms with Gasteiger partial charge in [-0.05, 0) is 46.6 Å². The molecule has 4 N–H and O–H groups in total. The Morgan fingerprint density at radius 1 is 1.00 bits per heavy atom. The first kappa shape index (κ1) is 27.9. The molecule has 184 valence electrons. The second kappa shape index (κ2) is 13.4. The van der Waals surface area contributed by atoms with Crippen molar-refractivity contribution in [2.45, 2.75) is 77.9 Å². The summed E-state index contributed by atoms with van der Waals surface area (Å²) in [6.07, 6.45) is -1.28. The van der Waals surface area contributed by atoms with Gasteiger partial charge in [0.15, 0.2) is 0 Å². The molecule has 33 heavy (non-hydrogen) atoms. The lowest BCUT2D eigenvalue weighted by molar-refractivity contribution is -0.147. The van der Waals surface area contributed by atoms with Gasteiger partial charge in [0.1, 0.15) is 17.7 Å². The molecule has 0 saturated carbocycles. The van der Waals surface area contributed by atoms with E-state index in [0.717, 1.165) is 5.56 Å². The average Bonchev–Trinajstić information content (AvgIpc) is 2.68. The highest BCUT2D eigenvalue weighted by Crippen LogP contribution is 2.08. The van der Waals surface area contributed by atoms with Crippen molar-refractivity contribution >= 4 is 23.9 Å². The van der Waals surface area contributed by atoms with Crippen molar-refractivity contribution in [3.8, 4) is 0 Å². The molecule has 0 aliphatic heterocycles. The first-order valence-electron chi connectivity index (χ1n) is 10.8. The number of hydrogen-bond acceptors (Lipinski definition) is 7. The number of alkyl carbamates (subject to hydrolysis) is 1. The lowest BCUT2D eigenvalue weighted by Crippen LogP contribution is -2.55. The summed E-state index contributed by atoms with van der Waals surface area (Å²) >= 11 is 0. The van der Waals surface area contributed by atoms with Gasteiger partial charge in [0, 0.05) is 6.42 Å². The number of nitrogens with one attached hydrogen (secondary N) is 2. The molecule has 0 spiro atoms. The summed E-state index contributed by atoms with van der Waals surface area (Å²) in [6, 6.07) is 6.99. The monoisotopic (exact) mass is 465 g/mol. The van der Waals surface area contributed by atoms with E-state index in [9.17, 15) is 19.2 Å². The van der Waals surface area contributed by atoms with Crippen molar-refractivity contribution in [3.05, 3.63) is 35.9 Å². The predicted octanol–water partition coefficient (Wildman–Crippen LogP) is 1.80. The van der Waals surface area contributed by atoms with Crippen LogP contribution in [0.4, 0.5) is 4.79 Å². The fraction of sp³-hybridized carbons (Fsp3) is 0.565. The van der Waals surface area contributed by atoms with Gasteiger partial charge >= 0.3 is 12.1 Å². The van der Waals surface area contributed by atoms with E-state index in [-0.39, 0.29) is 32.2 Å². The Balaban J connectivity index is 2.80. The molecule has 10 heteroatoms. The maximum Gasteiger partial charge on any atom is 0.408 e. The zero-order chi connectivity index (χ0) is 25.0. The van der Waals surface area contributed by atoms with Gasteiger partial charge in [0.2, 0.25) is 11.8 Å². The number of benzene rings is 1. The van der Waals surface area contributed by atoms with Crippen molar-refractivity contribution in [2.24, 2.45) is 5.73 Å². The molecule has 0 fully saturated rings. The molecular formula is C23H35N3O7. The molecule has 3 amide bonds. The van der Waals surface area contributed by atoms with E-state index < -0.39 is 41.6 Å². The minimum Gasteiger partial charge on any atom is -0.463 e. The Morgan fingerprint density at radius 3 is 2.18 bits per heavy atom. The first-order chi connectivity index (χ1) is 15.4. The molecule has 1 rings (SSSR count). The number of amides is 3. The fourth-order valence-electron chi connectivity index (χ4n) is 2.64. The molecule has 0 heterocycles. The van der Waals surface area contributed by atoms with Crippen LogP contribution in [-0.4, -0.2) is 54.3 Å². The van der Waals surface area contributed by atoms with Crippen LogP contribution in [0.15, 0.2) is 30.3 Å². The molecule has 2 atom stereocenters. The van der Waals surface area contributed by atoms with Crippen LogP contribution in [0.5, 0.6) is 0 Å². The zero-order valence-electron chi connectivity index (χ0n) is 19.9. The van der Waals surface area contributed by atoms with Crippen molar-refractivity contribution in [1.82, 2.24) is 10.6 Å². The lowest BCUT2D eigenvalue weighted by Gasteiger charge is -2.24. The third kappa shape index (κ3) is 12.5. The summed E-state index contributed by atoms with van der Waals surface area (Å²) in [5, 5.41) is 4.92. The molecule has 1 aromatic rings. The summed E-state index contributed by atoms with van der Waals surface area (Å²) in [5.41, 5.74) is 5.49. The third-order valence-corrected chi connectivity index (χ3v) is 4.07. The second-order valence-corrected chi connectivity index (χ2v) is 8.74. The number of hydrogen-bond donors (Lipinski definition) is 3. The maximum absolute atomic E-state index is 12.8. The quantitative estimate of drug-likeness (QED) is 0.399. The molecule has 0 aromatic heterocycles. The van der Waals surface area contributed by atoms with Crippen LogP contribution < -0.4 is 16.4 Å². The highest BCUT2D eigenvalue weighted by atomic mass is 16.6. The number of carbonyl (C=O) groups excluding carboxylic acids is 4. The Kier molecular flexibility index (Phi) is 11.3. The first-order valence-corrected chi connectivity index (χ1v) is 10.8. The lowest BCUT2D eigenvalue weighted by atomic mass is 10.1. The molecular weight excluding hydrogens is 430 g/mol. The summed E-state index contributed by atoms with van der Waals surface area (Å²) in [6.45, 7) is 8.50. The third-order valence-electron chi connectivity index (χ3n) is 4.07. The molecule has 0 saturated heterocycles. The normalized spacial score (nSPS) is 13.0. The Morgan fingerprint density at radius 2 is 1.64 bits per heavy atom. The standard InChI is InChI=1S/C23H35N3O7/c1-15(2)32-19(27)12-11-17(20(24)28)25-21(29)18(26-22(30)33-23(3,4)5)14-31-13-16-9-7-6-8-10-16/h6-10,15,17-18H,11-14H2,1-5H3,(H2,24,28)(H,25,29)(H,26,30)/t17-,18+/m1/s1. The van der Waals surface area contributed by atoms with Gasteiger partial charge in [-0.2, -0.15) is 0 Å². The molecule has 0 aliphatic carbocycles. The van der Waals surface area contributed by atoms with Gasteiger partial charge in [-0.15, -0.1) is 0 Å². The van der Waals surface area contributed by atoms with E-state index in [1.807, 2.05) is 30.3 Å². The molecule has 0 aliphatic rings. The van der Waals surface area contributed by atoms with E-state index in [0.29, 0.717) is 0 Å². The Bertz CT molecular complexity index is 791. The average molecular weight is 466 g/mol. The summed E-state index contributed by atoms with van der Waals surface area (Å²) in [4.78, 5) is 48.6. The minimum atomic E-state index is -1.16. The molecule has 10 nitrogen and oxygen atoms in total. The Labute approximate surface area is 194 Å². The zero-order valence-corrected chi connectivity index (χ0v) is 19.9. The van der Waals surface area contributed by atoms with E-state index in [1.165, 1.54) is 0 Å². The van der Waals surface area contributed by atoms with Crippen molar-refractivity contribution in [2.75, 3.05) is 6.61 Å². The van der Waals surface area contributed by atoms with Crippen LogP contribution in [-0.2, 0) is 35.2 Å². The number of ether oxygens (including phenoxy) is 3. The highest BCUT2D eigenvalue weighted by Gasteiger charge is 2.28. The molecule has 1 aromatic carbocycles. The van der Waals surface area contributed by atoms with E-state index in [2.05, 4.69) is 10.6 Å². The number of esters is 1. The van der Waals surface area contributed by atoms with Crippen molar-refractivity contribution in [3.63, 3.8) is 0 Å². The van der Waals surface area contributed by atoms with Crippen LogP contribution in [0.25, 0.3) is 0 Å². The Hall–Kier alpha value is -3.14. The summed E-state index contributed by atoms with van der Waals surface area (Å²) in [7, 11) is 0. The summed E-state index contributed by atoms with van der Waals surface area (Å²) < 4.78 is 15.8. The van der Waals surface area contributed by atoms with Gasteiger partial charge in [0.25, 0.3) is 0 Å². The molecule has 0 bridgehead atoms. The highest BCUT2D eigenvalue weighted by molar-refractivity contribution is 5.91. The van der Waals surface area contributed by atoms with Crippen LogP contribution in [0.3, 0.4) is 0 Å². The number of rotatable bonds is 12. The maximum atomic E-state index is 12.8. The topological polar surface area (TPSA) is 146 Å². The van der Waals surface area contributed by atoms with Crippen molar-refractivity contribution < 1.29 is 33.4 Å². The van der Waals surface area contributed by atoms with Gasteiger partial charge in [-0.25, -0.2) is 4.79 Å². The van der Waals surface area contributed by atoms with Gasteiger partial charge in [0.05, 0.1) is 19.3 Å². The largest absolute Gasteiger partial charge is 0.463 e. The van der Waals surface area contributed by atoms with E-state index in [4.69, 9.17) is 19.9 Å². The fourth-order valence-corrected chi connectivity index (χ4v) is 2.64. The SMILES string of the molecule is CC(C)OC(=O)CC[C@@H](NC(=O)[C@H](COCc1ccccc1)NC(=O)OC(C)(C)C)C(N)=O. The molecule has 0 unspecified atom stereocenters. The van der Waals surface area contributed by atoms with Crippen LogP contribution >= 0.6 is 0 Å². The minimum absolute atomic E-state index is 0.0450. The number of primary amides is 1. The van der Waals surface area contributed by atoms with Gasteiger partial charge in [-0.3, -0.25) is 14.4 Å². The van der Waals surface area contributed by atoms with Crippen LogP contribution in [0.2, 0.25) is 0 Å². The van der Waals surface area contributed by atoms with Gasteiger partial charge in [-0.1, -0.05) is 30.3 Å². The number of nitrogens with two attached hydrogens (primary N) is 1. The smallest absolute Gasteiger partial charge is 0.408 e. The number of carbonyl (C=O) groups is 4. The van der Waals surface area contributed by atoms with Crippen LogP contribution in [0.1, 0.15) is 53.0 Å². The second-order valence-electron chi connectivity index (χ2n) is 8.74. The van der Waals surface area contributed by atoms with E-state index >= 15 is 0 Å². The summed E-state index contributed by atoms with van der Waals surface area (Å²) in [5.74, 6) is -2.03. The molecule has 0 radical (unpaired) electrons. The predicted molar refractivity (Wildman–Crippen MR) is 121 cm³/mol. The van der Waals surface area contributed by atoms with Crippen LogP contribution in [0, 0.1) is 0 Å². The van der Waals surface area contributed by atoms with E-state index in [1.54, 1.807) is 34.6 Å².